The topological polar surface area (TPSA) is 69.0 Å². The van der Waals surface area contributed by atoms with Gasteiger partial charge in [0.2, 0.25) is 0 Å². The molecule has 3 aromatic rings. The first-order valence-corrected chi connectivity index (χ1v) is 10.1. The Hall–Kier alpha value is -2.70. The van der Waals surface area contributed by atoms with Crippen LogP contribution in [-0.2, 0) is 11.2 Å². The summed E-state index contributed by atoms with van der Waals surface area (Å²) in [5, 5.41) is 7.90. The van der Waals surface area contributed by atoms with Gasteiger partial charge in [0.15, 0.2) is 0 Å². The molecule has 7 heteroatoms. The monoisotopic (exact) mass is 410 g/mol. The molecule has 0 bridgehead atoms. The second kappa shape index (κ2) is 8.76. The first kappa shape index (κ1) is 19.6. The Morgan fingerprint density at radius 2 is 2.03 bits per heavy atom. The van der Waals surface area contributed by atoms with Crippen molar-refractivity contribution >= 4 is 17.5 Å². The predicted molar refractivity (Wildman–Crippen MR) is 112 cm³/mol. The lowest BCUT2D eigenvalue weighted by Gasteiger charge is -2.23. The van der Waals surface area contributed by atoms with E-state index in [1.807, 2.05) is 48.1 Å². The van der Waals surface area contributed by atoms with E-state index in [1.165, 1.54) is 0 Å². The van der Waals surface area contributed by atoms with Crippen LogP contribution in [0.15, 0.2) is 48.8 Å². The van der Waals surface area contributed by atoms with Crippen LogP contribution in [0.2, 0.25) is 5.02 Å². The van der Waals surface area contributed by atoms with Gasteiger partial charge in [0.1, 0.15) is 5.69 Å². The van der Waals surface area contributed by atoms with E-state index < -0.39 is 0 Å². The van der Waals surface area contributed by atoms with Gasteiger partial charge in [-0.25, -0.2) is 9.67 Å². The number of halogens is 1. The van der Waals surface area contributed by atoms with E-state index in [0.29, 0.717) is 36.0 Å². The van der Waals surface area contributed by atoms with E-state index in [0.717, 1.165) is 29.7 Å². The molecule has 3 heterocycles. The van der Waals surface area contributed by atoms with Crippen molar-refractivity contribution in [1.29, 1.82) is 0 Å². The summed E-state index contributed by atoms with van der Waals surface area (Å²) in [6, 6.07) is 11.9. The van der Waals surface area contributed by atoms with Crippen LogP contribution in [0.5, 0.6) is 0 Å². The van der Waals surface area contributed by atoms with E-state index in [2.05, 4.69) is 15.4 Å². The summed E-state index contributed by atoms with van der Waals surface area (Å²) in [5.41, 5.74) is 4.05. The van der Waals surface area contributed by atoms with Crippen LogP contribution in [-0.4, -0.2) is 39.9 Å². The third-order valence-electron chi connectivity index (χ3n) is 5.09. The average Bonchev–Trinajstić information content (AvgIpc) is 3.27. The zero-order chi connectivity index (χ0) is 20.2. The van der Waals surface area contributed by atoms with Crippen LogP contribution in [0.4, 0.5) is 0 Å². The Labute approximate surface area is 174 Å². The maximum absolute atomic E-state index is 12.7. The van der Waals surface area contributed by atoms with E-state index in [4.69, 9.17) is 16.3 Å². The van der Waals surface area contributed by atoms with Crippen LogP contribution in [0.3, 0.4) is 0 Å². The van der Waals surface area contributed by atoms with E-state index in [9.17, 15) is 4.79 Å². The summed E-state index contributed by atoms with van der Waals surface area (Å²) in [6.45, 7) is 3.19. The van der Waals surface area contributed by atoms with E-state index >= 15 is 0 Å². The molecule has 29 heavy (non-hydrogen) atoms. The highest BCUT2D eigenvalue weighted by Crippen LogP contribution is 2.24. The van der Waals surface area contributed by atoms with Crippen LogP contribution in [0.25, 0.3) is 5.69 Å². The molecule has 1 amide bonds. The van der Waals surface area contributed by atoms with Gasteiger partial charge < -0.3 is 10.1 Å². The largest absolute Gasteiger partial charge is 0.381 e. The number of nitrogens with zero attached hydrogens (tertiary/aromatic N) is 3. The molecule has 2 aromatic heterocycles. The summed E-state index contributed by atoms with van der Waals surface area (Å²) < 4.78 is 7.16. The predicted octanol–water partition coefficient (Wildman–Crippen LogP) is 3.73. The van der Waals surface area contributed by atoms with Gasteiger partial charge in [-0.15, -0.1) is 0 Å². The van der Waals surface area contributed by atoms with Crippen molar-refractivity contribution in [3.8, 4) is 5.69 Å². The third kappa shape index (κ3) is 4.66. The fourth-order valence-electron chi connectivity index (χ4n) is 3.48. The number of hydrogen-bond acceptors (Lipinski definition) is 4. The number of aromatic nitrogens is 3. The van der Waals surface area contributed by atoms with Crippen LogP contribution in [0, 0.1) is 6.92 Å². The Morgan fingerprint density at radius 1 is 1.28 bits per heavy atom. The minimum atomic E-state index is -0.160. The number of carbonyl (C=O) groups excluding carboxylic acids is 1. The lowest BCUT2D eigenvalue weighted by Crippen LogP contribution is -2.39. The number of ether oxygens (including phenoxy) is 1. The van der Waals surface area contributed by atoms with Crippen molar-refractivity contribution in [2.75, 3.05) is 13.2 Å². The lowest BCUT2D eigenvalue weighted by molar-refractivity contribution is 0.0694. The number of pyridine rings is 1. The molecule has 1 N–H and O–H groups in total. The lowest BCUT2D eigenvalue weighted by atomic mass is 10.0. The zero-order valence-electron chi connectivity index (χ0n) is 16.3. The molecule has 1 aliphatic rings. The van der Waals surface area contributed by atoms with E-state index in [-0.39, 0.29) is 11.9 Å². The van der Waals surface area contributed by atoms with Crippen LogP contribution >= 0.6 is 11.6 Å². The Balaban J connectivity index is 1.51. The number of carbonyl (C=O) groups is 1. The smallest absolute Gasteiger partial charge is 0.270 e. The minimum absolute atomic E-state index is 0.132. The molecule has 150 valence electrons. The van der Waals surface area contributed by atoms with Crippen molar-refractivity contribution in [2.24, 2.45) is 0 Å². The quantitative estimate of drug-likeness (QED) is 0.695. The fraction of sp³-hybridized carbons (Fsp3) is 0.318. The van der Waals surface area contributed by atoms with Gasteiger partial charge in [-0.1, -0.05) is 23.7 Å². The summed E-state index contributed by atoms with van der Waals surface area (Å²) in [6.07, 6.45) is 5.93. The summed E-state index contributed by atoms with van der Waals surface area (Å²) in [4.78, 5) is 17.1. The molecule has 0 unspecified atom stereocenters. The van der Waals surface area contributed by atoms with Crippen LogP contribution in [0.1, 0.15) is 40.2 Å². The van der Waals surface area contributed by atoms with Crippen molar-refractivity contribution in [3.05, 3.63) is 76.3 Å². The molecule has 0 radical (unpaired) electrons. The van der Waals surface area contributed by atoms with Crippen LogP contribution < -0.4 is 5.32 Å². The number of rotatable bonds is 5. The summed E-state index contributed by atoms with van der Waals surface area (Å²) in [7, 11) is 0. The van der Waals surface area contributed by atoms with Gasteiger partial charge >= 0.3 is 0 Å². The molecule has 0 saturated carbocycles. The zero-order valence-corrected chi connectivity index (χ0v) is 17.0. The Bertz CT molecular complexity index is 981. The second-order valence-corrected chi connectivity index (χ2v) is 7.60. The van der Waals surface area contributed by atoms with Crippen molar-refractivity contribution in [1.82, 2.24) is 20.1 Å². The molecule has 0 atom stereocenters. The van der Waals surface area contributed by atoms with Crippen molar-refractivity contribution in [3.63, 3.8) is 0 Å². The van der Waals surface area contributed by atoms with Crippen molar-refractivity contribution in [2.45, 2.75) is 32.2 Å². The first-order valence-electron chi connectivity index (χ1n) is 9.74. The molecule has 0 spiro atoms. The fourth-order valence-corrected chi connectivity index (χ4v) is 3.64. The molecule has 1 aliphatic heterocycles. The Morgan fingerprint density at radius 3 is 2.72 bits per heavy atom. The molecule has 1 saturated heterocycles. The molecule has 1 fully saturated rings. The number of amides is 1. The highest BCUT2D eigenvalue weighted by atomic mass is 35.5. The Kier molecular flexibility index (Phi) is 5.92. The minimum Gasteiger partial charge on any atom is -0.381 e. The second-order valence-electron chi connectivity index (χ2n) is 7.22. The highest BCUT2D eigenvalue weighted by Gasteiger charge is 2.19. The molecule has 6 nitrogen and oxygen atoms in total. The normalized spacial score (nSPS) is 14.7. The number of benzene rings is 1. The SMILES string of the molecule is Cc1nc(C(=O)NC2CCOCC2)cc(Cc2ccc(-n3cccn3)cc2)c1Cl. The molecular formula is C22H23ClN4O2. The average molecular weight is 411 g/mol. The summed E-state index contributed by atoms with van der Waals surface area (Å²) >= 11 is 6.50. The van der Waals surface area contributed by atoms with Gasteiger partial charge in [0, 0.05) is 31.6 Å². The molecule has 4 rings (SSSR count). The number of aryl methyl sites for hydroxylation is 1. The van der Waals surface area contributed by atoms with Gasteiger partial charge in [0.25, 0.3) is 5.91 Å². The molecular weight excluding hydrogens is 388 g/mol. The highest BCUT2D eigenvalue weighted by molar-refractivity contribution is 6.32. The first-order chi connectivity index (χ1) is 14.1. The maximum atomic E-state index is 12.7. The molecule has 0 aliphatic carbocycles. The van der Waals surface area contributed by atoms with Gasteiger partial charge in [0.05, 0.1) is 16.4 Å². The van der Waals surface area contributed by atoms with E-state index in [1.54, 1.807) is 12.3 Å². The molecule has 1 aromatic carbocycles. The standard InChI is InChI=1S/C22H23ClN4O2/c1-15-21(23)17(13-16-3-5-19(6-4-16)27-10-2-9-24-27)14-20(25-15)22(28)26-18-7-11-29-12-8-18/h2-6,9-10,14,18H,7-8,11-13H2,1H3,(H,26,28). The van der Waals surface area contributed by atoms with Crippen molar-refractivity contribution < 1.29 is 9.53 Å². The summed E-state index contributed by atoms with van der Waals surface area (Å²) in [5.74, 6) is -0.160. The number of nitrogens with one attached hydrogen (secondary N) is 1. The van der Waals surface area contributed by atoms with Gasteiger partial charge in [-0.05, 0) is 61.6 Å². The number of hydrogen-bond donors (Lipinski definition) is 1. The van der Waals surface area contributed by atoms with Gasteiger partial charge in [-0.2, -0.15) is 5.10 Å². The third-order valence-corrected chi connectivity index (χ3v) is 5.60. The maximum Gasteiger partial charge on any atom is 0.270 e. The van der Waals surface area contributed by atoms with Gasteiger partial charge in [-0.3, -0.25) is 4.79 Å².